The highest BCUT2D eigenvalue weighted by molar-refractivity contribution is 6.30. The summed E-state index contributed by atoms with van der Waals surface area (Å²) in [4.78, 5) is 2.26. The molecule has 0 radical (unpaired) electrons. The first-order valence-electron chi connectivity index (χ1n) is 6.51. The Labute approximate surface area is 112 Å². The van der Waals surface area contributed by atoms with Crippen molar-refractivity contribution in [2.24, 2.45) is 11.8 Å². The molecule has 98 valence electrons. The second-order valence-electron chi connectivity index (χ2n) is 5.40. The highest BCUT2D eigenvalue weighted by Gasteiger charge is 2.42. The lowest BCUT2D eigenvalue weighted by atomic mass is 10.00. The summed E-state index contributed by atoms with van der Waals surface area (Å²) in [5.74, 6) is 0.973. The third-order valence-corrected chi connectivity index (χ3v) is 4.61. The third-order valence-electron chi connectivity index (χ3n) is 4.38. The van der Waals surface area contributed by atoms with Crippen molar-refractivity contribution in [3.63, 3.8) is 0 Å². The van der Waals surface area contributed by atoms with Gasteiger partial charge >= 0.3 is 0 Å². The minimum Gasteiger partial charge on any atom is -0.393 e. The summed E-state index contributed by atoms with van der Waals surface area (Å²) in [5, 5.41) is 20.0. The maximum atomic E-state index is 9.94. The monoisotopic (exact) mass is 267 g/mol. The highest BCUT2D eigenvalue weighted by atomic mass is 35.5. The molecule has 1 heterocycles. The molecule has 1 aromatic rings. The third kappa shape index (κ3) is 2.00. The zero-order valence-corrected chi connectivity index (χ0v) is 11.0. The first kappa shape index (κ1) is 12.3. The summed E-state index contributed by atoms with van der Waals surface area (Å²) in [7, 11) is 0. The molecule has 0 aromatic heterocycles. The zero-order chi connectivity index (χ0) is 12.7. The van der Waals surface area contributed by atoms with Crippen LogP contribution < -0.4 is 4.90 Å². The SMILES string of the molecule is OCc1ccc(Cl)cc1N1CC2CCC(O)C2C1. The van der Waals surface area contributed by atoms with Crippen LogP contribution in [0.1, 0.15) is 18.4 Å². The van der Waals surface area contributed by atoms with Crippen molar-refractivity contribution in [3.8, 4) is 0 Å². The van der Waals surface area contributed by atoms with E-state index in [-0.39, 0.29) is 12.7 Å². The molecule has 3 nitrogen and oxygen atoms in total. The van der Waals surface area contributed by atoms with Crippen molar-refractivity contribution >= 4 is 17.3 Å². The van der Waals surface area contributed by atoms with E-state index in [9.17, 15) is 10.2 Å². The van der Waals surface area contributed by atoms with Gasteiger partial charge in [0.25, 0.3) is 0 Å². The Morgan fingerprint density at radius 1 is 1.28 bits per heavy atom. The van der Waals surface area contributed by atoms with E-state index in [1.54, 1.807) is 0 Å². The van der Waals surface area contributed by atoms with Gasteiger partial charge in [-0.2, -0.15) is 0 Å². The number of anilines is 1. The molecule has 3 atom stereocenters. The van der Waals surface area contributed by atoms with E-state index in [1.807, 2.05) is 18.2 Å². The second kappa shape index (κ2) is 4.72. The van der Waals surface area contributed by atoms with Crippen LogP contribution in [0.3, 0.4) is 0 Å². The summed E-state index contributed by atoms with van der Waals surface area (Å²) in [5.41, 5.74) is 1.93. The minimum absolute atomic E-state index is 0.0287. The van der Waals surface area contributed by atoms with Crippen molar-refractivity contribution in [1.82, 2.24) is 0 Å². The van der Waals surface area contributed by atoms with Gasteiger partial charge in [0.2, 0.25) is 0 Å². The van der Waals surface area contributed by atoms with Crippen LogP contribution in [-0.4, -0.2) is 29.4 Å². The molecular weight excluding hydrogens is 250 g/mol. The van der Waals surface area contributed by atoms with Crippen molar-refractivity contribution in [3.05, 3.63) is 28.8 Å². The van der Waals surface area contributed by atoms with Crippen LogP contribution >= 0.6 is 11.6 Å². The molecule has 0 amide bonds. The molecule has 1 saturated heterocycles. The van der Waals surface area contributed by atoms with E-state index in [0.717, 1.165) is 37.2 Å². The quantitative estimate of drug-likeness (QED) is 0.862. The normalized spacial score (nSPS) is 30.8. The van der Waals surface area contributed by atoms with Gasteiger partial charge in [0, 0.05) is 35.3 Å². The van der Waals surface area contributed by atoms with Crippen LogP contribution in [0, 0.1) is 11.8 Å². The number of rotatable bonds is 2. The first-order valence-corrected chi connectivity index (χ1v) is 6.89. The lowest BCUT2D eigenvalue weighted by Gasteiger charge is -2.23. The number of hydrogen-bond acceptors (Lipinski definition) is 3. The Bertz CT molecular complexity index is 451. The molecule has 3 unspecified atom stereocenters. The number of fused-ring (bicyclic) bond motifs is 1. The summed E-state index contributed by atoms with van der Waals surface area (Å²) < 4.78 is 0. The molecule has 2 fully saturated rings. The van der Waals surface area contributed by atoms with Gasteiger partial charge in [-0.05, 0) is 30.9 Å². The summed E-state index contributed by atoms with van der Waals surface area (Å²) >= 11 is 6.04. The van der Waals surface area contributed by atoms with Gasteiger partial charge in [-0.3, -0.25) is 0 Å². The number of aliphatic hydroxyl groups is 2. The number of aliphatic hydroxyl groups excluding tert-OH is 2. The fourth-order valence-electron chi connectivity index (χ4n) is 3.40. The molecule has 3 rings (SSSR count). The molecule has 1 aliphatic carbocycles. The zero-order valence-electron chi connectivity index (χ0n) is 10.2. The molecule has 4 heteroatoms. The Balaban J connectivity index is 1.86. The van der Waals surface area contributed by atoms with Gasteiger partial charge in [0.15, 0.2) is 0 Å². The van der Waals surface area contributed by atoms with Crippen LogP contribution in [0.5, 0.6) is 0 Å². The molecular formula is C14H18ClNO2. The lowest BCUT2D eigenvalue weighted by molar-refractivity contribution is 0.133. The fourth-order valence-corrected chi connectivity index (χ4v) is 3.56. The summed E-state index contributed by atoms with van der Waals surface area (Å²) in [6.07, 6.45) is 1.89. The van der Waals surface area contributed by atoms with Crippen molar-refractivity contribution in [2.45, 2.75) is 25.6 Å². The van der Waals surface area contributed by atoms with Gasteiger partial charge in [-0.25, -0.2) is 0 Å². The van der Waals surface area contributed by atoms with Crippen LogP contribution in [0.4, 0.5) is 5.69 Å². The maximum absolute atomic E-state index is 9.94. The van der Waals surface area contributed by atoms with Crippen molar-refractivity contribution < 1.29 is 10.2 Å². The predicted molar refractivity (Wildman–Crippen MR) is 71.8 cm³/mol. The van der Waals surface area contributed by atoms with E-state index < -0.39 is 0 Å². The smallest absolute Gasteiger partial charge is 0.0702 e. The standard InChI is InChI=1S/C14H18ClNO2/c15-11-3-1-10(8-17)13(5-11)16-6-9-2-4-14(18)12(9)7-16/h1,3,5,9,12,14,17-18H,2,4,6-8H2. The maximum Gasteiger partial charge on any atom is 0.0702 e. The Kier molecular flexibility index (Phi) is 3.22. The second-order valence-corrected chi connectivity index (χ2v) is 5.84. The van der Waals surface area contributed by atoms with Gasteiger partial charge in [-0.1, -0.05) is 17.7 Å². The number of halogens is 1. The molecule has 1 aliphatic heterocycles. The Hall–Kier alpha value is -0.770. The molecule has 0 spiro atoms. The average molecular weight is 268 g/mol. The summed E-state index contributed by atoms with van der Waals surface area (Å²) in [6.45, 7) is 1.87. The van der Waals surface area contributed by atoms with Crippen LogP contribution in [-0.2, 0) is 6.61 Å². The van der Waals surface area contributed by atoms with E-state index in [2.05, 4.69) is 4.90 Å². The lowest BCUT2D eigenvalue weighted by Crippen LogP contribution is -2.25. The van der Waals surface area contributed by atoms with Crippen molar-refractivity contribution in [1.29, 1.82) is 0 Å². The molecule has 2 N–H and O–H groups in total. The topological polar surface area (TPSA) is 43.7 Å². The van der Waals surface area contributed by atoms with Crippen molar-refractivity contribution in [2.75, 3.05) is 18.0 Å². The average Bonchev–Trinajstić information content (AvgIpc) is 2.92. The Morgan fingerprint density at radius 3 is 2.83 bits per heavy atom. The minimum atomic E-state index is -0.156. The van der Waals surface area contributed by atoms with E-state index in [1.165, 1.54) is 0 Å². The molecule has 18 heavy (non-hydrogen) atoms. The molecule has 1 aromatic carbocycles. The van der Waals surface area contributed by atoms with Gasteiger partial charge in [-0.15, -0.1) is 0 Å². The largest absolute Gasteiger partial charge is 0.393 e. The van der Waals surface area contributed by atoms with Crippen LogP contribution in [0.15, 0.2) is 18.2 Å². The molecule has 0 bridgehead atoms. The van der Waals surface area contributed by atoms with E-state index in [4.69, 9.17) is 11.6 Å². The van der Waals surface area contributed by atoms with Crippen LogP contribution in [0.25, 0.3) is 0 Å². The predicted octanol–water partition coefficient (Wildman–Crippen LogP) is 2.04. The van der Waals surface area contributed by atoms with Gasteiger partial charge < -0.3 is 15.1 Å². The van der Waals surface area contributed by atoms with Crippen LogP contribution in [0.2, 0.25) is 5.02 Å². The molecule has 1 saturated carbocycles. The van der Waals surface area contributed by atoms with Gasteiger partial charge in [0.1, 0.15) is 0 Å². The fraction of sp³-hybridized carbons (Fsp3) is 0.571. The number of hydrogen-bond donors (Lipinski definition) is 2. The highest BCUT2D eigenvalue weighted by Crippen LogP contribution is 2.41. The van der Waals surface area contributed by atoms with Gasteiger partial charge in [0.05, 0.1) is 12.7 Å². The van der Waals surface area contributed by atoms with E-state index in [0.29, 0.717) is 16.9 Å². The first-order chi connectivity index (χ1) is 8.69. The number of benzene rings is 1. The summed E-state index contributed by atoms with van der Waals surface area (Å²) in [6, 6.07) is 5.60. The van der Waals surface area contributed by atoms with E-state index >= 15 is 0 Å². The Morgan fingerprint density at radius 2 is 2.11 bits per heavy atom. The number of nitrogens with zero attached hydrogens (tertiary/aromatic N) is 1. The molecule has 2 aliphatic rings.